The van der Waals surface area contributed by atoms with Gasteiger partial charge in [0.25, 0.3) is 5.91 Å². The molecule has 1 aliphatic heterocycles. The summed E-state index contributed by atoms with van der Waals surface area (Å²) >= 11 is 0. The molecule has 4 nitrogen and oxygen atoms in total. The molecule has 2 amide bonds. The van der Waals surface area contributed by atoms with Gasteiger partial charge in [0, 0.05) is 25.7 Å². The molecule has 1 aromatic rings. The van der Waals surface area contributed by atoms with Crippen molar-refractivity contribution in [3.05, 3.63) is 35.4 Å². The summed E-state index contributed by atoms with van der Waals surface area (Å²) < 4.78 is 26.7. The Hall–Kier alpha value is -1.98. The molecule has 124 valence electrons. The van der Waals surface area contributed by atoms with E-state index in [1.165, 1.54) is 17.7 Å². The van der Waals surface area contributed by atoms with Crippen molar-refractivity contribution in [1.82, 2.24) is 10.2 Å². The third-order valence-electron chi connectivity index (χ3n) is 4.50. The molecule has 1 aliphatic carbocycles. The average molecular weight is 322 g/mol. The minimum atomic E-state index is -0.865. The summed E-state index contributed by atoms with van der Waals surface area (Å²) in [5.74, 6) is -1.75. The highest BCUT2D eigenvalue weighted by Gasteiger charge is 2.31. The van der Waals surface area contributed by atoms with Gasteiger partial charge in [-0.2, -0.15) is 0 Å². The second kappa shape index (κ2) is 6.64. The van der Waals surface area contributed by atoms with Crippen molar-refractivity contribution in [2.24, 2.45) is 11.8 Å². The van der Waals surface area contributed by atoms with Gasteiger partial charge < -0.3 is 10.2 Å². The molecule has 1 N–H and O–H groups in total. The largest absolute Gasteiger partial charge is 0.356 e. The van der Waals surface area contributed by atoms with Crippen LogP contribution in [0.15, 0.2) is 18.2 Å². The Morgan fingerprint density at radius 3 is 2.70 bits per heavy atom. The van der Waals surface area contributed by atoms with Gasteiger partial charge in [0.05, 0.1) is 11.5 Å². The minimum Gasteiger partial charge on any atom is -0.356 e. The Bertz CT molecular complexity index is 617. The summed E-state index contributed by atoms with van der Waals surface area (Å²) in [4.78, 5) is 26.1. The van der Waals surface area contributed by atoms with Crippen LogP contribution in [0.5, 0.6) is 0 Å². The normalized spacial score (nSPS) is 21.1. The van der Waals surface area contributed by atoms with E-state index in [0.717, 1.165) is 18.6 Å². The number of benzene rings is 1. The summed E-state index contributed by atoms with van der Waals surface area (Å²) in [6.45, 7) is 1.48. The number of carbonyl (C=O) groups is 2. The number of amides is 2. The van der Waals surface area contributed by atoms with E-state index in [4.69, 9.17) is 0 Å². The third kappa shape index (κ3) is 3.86. The first-order chi connectivity index (χ1) is 11.0. The highest BCUT2D eigenvalue weighted by molar-refractivity contribution is 5.95. The van der Waals surface area contributed by atoms with Gasteiger partial charge in [-0.3, -0.25) is 9.59 Å². The maximum Gasteiger partial charge on any atom is 0.256 e. The second-order valence-electron chi connectivity index (χ2n) is 6.40. The Morgan fingerprint density at radius 2 is 2.00 bits per heavy atom. The Kier molecular flexibility index (Phi) is 4.59. The molecular formula is C17H20F2N2O2. The van der Waals surface area contributed by atoms with E-state index in [0.29, 0.717) is 31.5 Å². The van der Waals surface area contributed by atoms with E-state index < -0.39 is 17.5 Å². The molecule has 1 atom stereocenters. The summed E-state index contributed by atoms with van der Waals surface area (Å²) in [6, 6.07) is 2.93. The van der Waals surface area contributed by atoms with Gasteiger partial charge in [0.2, 0.25) is 5.91 Å². The van der Waals surface area contributed by atoms with Crippen molar-refractivity contribution < 1.29 is 18.4 Å². The van der Waals surface area contributed by atoms with Gasteiger partial charge in [-0.1, -0.05) is 0 Å². The third-order valence-corrected chi connectivity index (χ3v) is 4.50. The molecule has 2 aliphatic rings. The molecule has 1 unspecified atom stereocenters. The molecular weight excluding hydrogens is 302 g/mol. The smallest absolute Gasteiger partial charge is 0.256 e. The van der Waals surface area contributed by atoms with Crippen molar-refractivity contribution in [2.75, 3.05) is 19.6 Å². The molecule has 0 radical (unpaired) electrons. The van der Waals surface area contributed by atoms with E-state index in [9.17, 15) is 18.4 Å². The fourth-order valence-electron chi connectivity index (χ4n) is 2.92. The van der Waals surface area contributed by atoms with Crippen LogP contribution in [0.4, 0.5) is 8.78 Å². The van der Waals surface area contributed by atoms with Crippen LogP contribution in [-0.4, -0.2) is 36.3 Å². The lowest BCUT2D eigenvalue weighted by Crippen LogP contribution is -2.46. The van der Waals surface area contributed by atoms with Crippen molar-refractivity contribution in [3.8, 4) is 0 Å². The SMILES string of the molecule is O=C(NCC1CC1)C1CCCN(C(=O)c2ccc(F)cc2F)C1. The summed E-state index contributed by atoms with van der Waals surface area (Å²) in [5, 5.41) is 2.93. The van der Waals surface area contributed by atoms with Crippen LogP contribution < -0.4 is 5.32 Å². The van der Waals surface area contributed by atoms with Crippen LogP contribution in [0, 0.1) is 23.5 Å². The number of halogens is 2. The second-order valence-corrected chi connectivity index (χ2v) is 6.40. The number of likely N-dealkylation sites (tertiary alicyclic amines) is 1. The van der Waals surface area contributed by atoms with Crippen molar-refractivity contribution >= 4 is 11.8 Å². The fraction of sp³-hybridized carbons (Fsp3) is 0.529. The summed E-state index contributed by atoms with van der Waals surface area (Å²) in [5.41, 5.74) is -0.148. The van der Waals surface area contributed by atoms with Gasteiger partial charge in [-0.15, -0.1) is 0 Å². The Morgan fingerprint density at radius 1 is 1.22 bits per heavy atom. The first kappa shape index (κ1) is 15.9. The monoisotopic (exact) mass is 322 g/mol. The molecule has 0 bridgehead atoms. The van der Waals surface area contributed by atoms with Crippen molar-refractivity contribution in [3.63, 3.8) is 0 Å². The number of piperidine rings is 1. The van der Waals surface area contributed by atoms with Gasteiger partial charge in [0.15, 0.2) is 0 Å². The summed E-state index contributed by atoms with van der Waals surface area (Å²) in [6.07, 6.45) is 3.76. The molecule has 3 rings (SSSR count). The number of hydrogen-bond acceptors (Lipinski definition) is 2. The van der Waals surface area contributed by atoms with Gasteiger partial charge in [0.1, 0.15) is 11.6 Å². The molecule has 0 spiro atoms. The lowest BCUT2D eigenvalue weighted by molar-refractivity contribution is -0.126. The number of carbonyl (C=O) groups excluding carboxylic acids is 2. The van der Waals surface area contributed by atoms with E-state index in [1.54, 1.807) is 0 Å². The highest BCUT2D eigenvalue weighted by Crippen LogP contribution is 2.28. The van der Waals surface area contributed by atoms with E-state index in [1.807, 2.05) is 0 Å². The number of nitrogens with one attached hydrogen (secondary N) is 1. The standard InChI is InChI=1S/C17H20F2N2O2/c18-13-5-6-14(15(19)8-13)17(23)21-7-1-2-12(10-21)16(22)20-9-11-3-4-11/h5-6,8,11-12H,1-4,7,9-10H2,(H,20,22). The minimum absolute atomic E-state index is 0.0334. The molecule has 1 heterocycles. The van der Waals surface area contributed by atoms with E-state index >= 15 is 0 Å². The highest BCUT2D eigenvalue weighted by atomic mass is 19.1. The number of nitrogens with zero attached hydrogens (tertiary/aromatic N) is 1. The van der Waals surface area contributed by atoms with Crippen LogP contribution in [0.25, 0.3) is 0 Å². The zero-order chi connectivity index (χ0) is 16.4. The first-order valence-electron chi connectivity index (χ1n) is 8.06. The maximum atomic E-state index is 13.8. The molecule has 1 saturated carbocycles. The quantitative estimate of drug-likeness (QED) is 0.925. The number of hydrogen-bond donors (Lipinski definition) is 1. The molecule has 2 fully saturated rings. The topological polar surface area (TPSA) is 49.4 Å². The average Bonchev–Trinajstić information content (AvgIpc) is 3.36. The Balaban J connectivity index is 1.62. The van der Waals surface area contributed by atoms with Crippen LogP contribution >= 0.6 is 0 Å². The Labute approximate surface area is 133 Å². The summed E-state index contributed by atoms with van der Waals surface area (Å²) in [7, 11) is 0. The van der Waals surface area contributed by atoms with Gasteiger partial charge >= 0.3 is 0 Å². The van der Waals surface area contributed by atoms with E-state index in [-0.39, 0.29) is 23.9 Å². The van der Waals surface area contributed by atoms with Crippen molar-refractivity contribution in [1.29, 1.82) is 0 Å². The molecule has 6 heteroatoms. The lowest BCUT2D eigenvalue weighted by atomic mass is 9.96. The molecule has 1 aromatic carbocycles. The zero-order valence-corrected chi connectivity index (χ0v) is 12.9. The van der Waals surface area contributed by atoms with Gasteiger partial charge in [-0.25, -0.2) is 8.78 Å². The molecule has 23 heavy (non-hydrogen) atoms. The number of rotatable bonds is 4. The predicted molar refractivity (Wildman–Crippen MR) is 80.7 cm³/mol. The van der Waals surface area contributed by atoms with Crippen LogP contribution in [-0.2, 0) is 4.79 Å². The predicted octanol–water partition coefficient (Wildman–Crippen LogP) is 2.34. The van der Waals surface area contributed by atoms with Gasteiger partial charge in [-0.05, 0) is 43.7 Å². The zero-order valence-electron chi connectivity index (χ0n) is 12.9. The van der Waals surface area contributed by atoms with Crippen molar-refractivity contribution in [2.45, 2.75) is 25.7 Å². The lowest BCUT2D eigenvalue weighted by Gasteiger charge is -2.32. The van der Waals surface area contributed by atoms with E-state index in [2.05, 4.69) is 5.32 Å². The molecule has 1 saturated heterocycles. The van der Waals surface area contributed by atoms with Crippen LogP contribution in [0.2, 0.25) is 0 Å². The molecule has 0 aromatic heterocycles. The fourth-order valence-corrected chi connectivity index (χ4v) is 2.92. The van der Waals surface area contributed by atoms with Crippen LogP contribution in [0.3, 0.4) is 0 Å². The van der Waals surface area contributed by atoms with Crippen LogP contribution in [0.1, 0.15) is 36.0 Å². The maximum absolute atomic E-state index is 13.8. The first-order valence-corrected chi connectivity index (χ1v) is 8.06.